The number of rotatable bonds is 4. The molecule has 0 heterocycles. The lowest BCUT2D eigenvalue weighted by Gasteiger charge is -2.12. The lowest BCUT2D eigenvalue weighted by atomic mass is 10.0. The minimum atomic E-state index is -1.63. The first-order valence-electron chi connectivity index (χ1n) is 4.92. The molecule has 0 spiro atoms. The molecule has 0 radical (unpaired) electrons. The molecule has 5 nitrogen and oxygen atoms in total. The molecule has 1 rings (SSSR count). The van der Waals surface area contributed by atoms with Crippen molar-refractivity contribution in [1.82, 2.24) is 0 Å². The van der Waals surface area contributed by atoms with E-state index >= 15 is 0 Å². The fourth-order valence-corrected chi connectivity index (χ4v) is 1.29. The Kier molecular flexibility index (Phi) is 4.54. The second-order valence-corrected chi connectivity index (χ2v) is 3.47. The maximum Gasteiger partial charge on any atom is 0.328 e. The predicted molar refractivity (Wildman–Crippen MR) is 59.6 cm³/mol. The maximum atomic E-state index is 13.3. The highest BCUT2D eigenvalue weighted by molar-refractivity contribution is 5.85. The van der Waals surface area contributed by atoms with Gasteiger partial charge < -0.3 is 15.3 Å². The van der Waals surface area contributed by atoms with Crippen molar-refractivity contribution in [1.29, 1.82) is 5.26 Å². The number of carboxylic acids is 1. The molecule has 0 amide bonds. The zero-order valence-corrected chi connectivity index (χ0v) is 9.12. The monoisotopic (exact) mass is 251 g/mol. The van der Waals surface area contributed by atoms with Crippen LogP contribution in [0.5, 0.6) is 0 Å². The van der Waals surface area contributed by atoms with Crippen molar-refractivity contribution in [3.63, 3.8) is 0 Å². The molecule has 3 N–H and O–H groups in total. The molecule has 94 valence electrons. The van der Waals surface area contributed by atoms with Gasteiger partial charge in [-0.1, -0.05) is 6.07 Å². The standard InChI is InChI=1S/C12H10FNO4/c13-9-3-1-8(12(18)10(15)6-14)5-7(9)2-4-11(16)17/h1-5,10,12,15,18H,(H,16,17)/b4-2+. The van der Waals surface area contributed by atoms with E-state index in [1.54, 1.807) is 0 Å². The molecular formula is C12H10FNO4. The van der Waals surface area contributed by atoms with Crippen LogP contribution in [0.2, 0.25) is 0 Å². The van der Waals surface area contributed by atoms with Crippen molar-refractivity contribution in [3.05, 3.63) is 41.2 Å². The Hall–Kier alpha value is -2.23. The van der Waals surface area contributed by atoms with Gasteiger partial charge in [-0.2, -0.15) is 5.26 Å². The van der Waals surface area contributed by atoms with Crippen molar-refractivity contribution in [2.45, 2.75) is 12.2 Å². The van der Waals surface area contributed by atoms with Crippen LogP contribution in [0.15, 0.2) is 24.3 Å². The summed E-state index contributed by atoms with van der Waals surface area (Å²) < 4.78 is 13.3. The zero-order chi connectivity index (χ0) is 13.7. The van der Waals surface area contributed by atoms with E-state index in [-0.39, 0.29) is 11.1 Å². The number of aliphatic hydroxyl groups is 2. The van der Waals surface area contributed by atoms with Gasteiger partial charge in [-0.25, -0.2) is 9.18 Å². The summed E-state index contributed by atoms with van der Waals surface area (Å²) in [5.41, 5.74) is 0.0644. The molecule has 0 aliphatic heterocycles. The van der Waals surface area contributed by atoms with Gasteiger partial charge in [-0.05, 0) is 23.8 Å². The summed E-state index contributed by atoms with van der Waals surface area (Å²) in [6.45, 7) is 0. The maximum absolute atomic E-state index is 13.3. The minimum absolute atomic E-state index is 0.0564. The molecule has 0 aliphatic rings. The molecule has 0 saturated heterocycles. The minimum Gasteiger partial charge on any atom is -0.478 e. The van der Waals surface area contributed by atoms with E-state index in [1.165, 1.54) is 18.2 Å². The number of halogens is 1. The predicted octanol–water partition coefficient (Wildman–Crippen LogP) is 0.841. The van der Waals surface area contributed by atoms with Crippen LogP contribution in [0.3, 0.4) is 0 Å². The van der Waals surface area contributed by atoms with Gasteiger partial charge in [0.25, 0.3) is 0 Å². The van der Waals surface area contributed by atoms with Crippen LogP contribution >= 0.6 is 0 Å². The Bertz CT molecular complexity index is 521. The van der Waals surface area contributed by atoms with Crippen LogP contribution in [0.4, 0.5) is 4.39 Å². The number of carbonyl (C=O) groups is 1. The summed E-state index contributed by atoms with van der Waals surface area (Å²) in [7, 11) is 0. The van der Waals surface area contributed by atoms with Crippen LogP contribution in [0.1, 0.15) is 17.2 Å². The zero-order valence-electron chi connectivity index (χ0n) is 9.12. The van der Waals surface area contributed by atoms with E-state index in [0.717, 1.165) is 18.2 Å². The number of aliphatic carboxylic acids is 1. The Labute approximate surface area is 102 Å². The highest BCUT2D eigenvalue weighted by Gasteiger charge is 2.18. The molecule has 2 atom stereocenters. The molecule has 0 aliphatic carbocycles. The number of hydrogen-bond acceptors (Lipinski definition) is 4. The van der Waals surface area contributed by atoms with Crippen LogP contribution in [-0.4, -0.2) is 27.4 Å². The molecule has 18 heavy (non-hydrogen) atoms. The summed E-state index contributed by atoms with van der Waals surface area (Å²) >= 11 is 0. The van der Waals surface area contributed by atoms with Crippen LogP contribution in [0, 0.1) is 17.1 Å². The Morgan fingerprint density at radius 1 is 1.44 bits per heavy atom. The number of benzene rings is 1. The van der Waals surface area contributed by atoms with Crippen LogP contribution < -0.4 is 0 Å². The van der Waals surface area contributed by atoms with Crippen molar-refractivity contribution in [2.75, 3.05) is 0 Å². The summed E-state index contributed by atoms with van der Waals surface area (Å²) in [6.07, 6.45) is -1.35. The first kappa shape index (κ1) is 13.8. The van der Waals surface area contributed by atoms with E-state index in [9.17, 15) is 14.3 Å². The van der Waals surface area contributed by atoms with Crippen LogP contribution in [-0.2, 0) is 4.79 Å². The normalized spacial score (nSPS) is 14.1. The molecule has 1 aromatic rings. The van der Waals surface area contributed by atoms with Gasteiger partial charge >= 0.3 is 5.97 Å². The summed E-state index contributed by atoms with van der Waals surface area (Å²) in [4.78, 5) is 10.3. The van der Waals surface area contributed by atoms with Crippen molar-refractivity contribution < 1.29 is 24.5 Å². The smallest absolute Gasteiger partial charge is 0.328 e. The quantitative estimate of drug-likeness (QED) is 0.543. The van der Waals surface area contributed by atoms with E-state index < -0.39 is 24.0 Å². The average molecular weight is 251 g/mol. The summed E-state index contributed by atoms with van der Waals surface area (Å²) in [5, 5.41) is 35.6. The third-order valence-electron chi connectivity index (χ3n) is 2.20. The van der Waals surface area contributed by atoms with Gasteiger partial charge in [0, 0.05) is 11.6 Å². The lowest BCUT2D eigenvalue weighted by molar-refractivity contribution is -0.131. The first-order chi connectivity index (χ1) is 8.45. The van der Waals surface area contributed by atoms with Gasteiger partial charge in [0.05, 0.1) is 6.07 Å². The Morgan fingerprint density at radius 2 is 2.11 bits per heavy atom. The molecule has 0 bridgehead atoms. The largest absolute Gasteiger partial charge is 0.478 e. The fraction of sp³-hybridized carbons (Fsp3) is 0.167. The fourth-order valence-electron chi connectivity index (χ4n) is 1.29. The average Bonchev–Trinajstić information content (AvgIpc) is 2.35. The number of aliphatic hydroxyl groups excluding tert-OH is 2. The second-order valence-electron chi connectivity index (χ2n) is 3.47. The highest BCUT2D eigenvalue weighted by atomic mass is 19.1. The molecule has 0 aromatic heterocycles. The first-order valence-corrected chi connectivity index (χ1v) is 4.92. The topological polar surface area (TPSA) is 102 Å². The Balaban J connectivity index is 3.08. The summed E-state index contributed by atoms with van der Waals surface area (Å²) in [6, 6.07) is 4.84. The third kappa shape index (κ3) is 3.38. The molecule has 0 fully saturated rings. The second kappa shape index (κ2) is 5.91. The van der Waals surface area contributed by atoms with Gasteiger partial charge in [0.1, 0.15) is 11.9 Å². The molecule has 0 saturated carbocycles. The lowest BCUT2D eigenvalue weighted by Crippen LogP contribution is -2.15. The number of carboxylic acid groups (broad SMARTS) is 1. The molecule has 1 aromatic carbocycles. The number of hydrogen-bond donors (Lipinski definition) is 3. The van der Waals surface area contributed by atoms with E-state index in [1.807, 2.05) is 0 Å². The summed E-state index contributed by atoms with van der Waals surface area (Å²) in [5.74, 6) is -1.91. The van der Waals surface area contributed by atoms with Gasteiger partial charge in [0.15, 0.2) is 6.10 Å². The van der Waals surface area contributed by atoms with Crippen LogP contribution in [0.25, 0.3) is 6.08 Å². The molecule has 2 unspecified atom stereocenters. The van der Waals surface area contributed by atoms with Crippen molar-refractivity contribution in [2.24, 2.45) is 0 Å². The van der Waals surface area contributed by atoms with Gasteiger partial charge in [0.2, 0.25) is 0 Å². The SMILES string of the molecule is N#CC(O)C(O)c1ccc(F)c(/C=C/C(=O)O)c1. The van der Waals surface area contributed by atoms with Gasteiger partial charge in [-0.15, -0.1) is 0 Å². The molecular weight excluding hydrogens is 241 g/mol. The van der Waals surface area contributed by atoms with Crippen molar-refractivity contribution >= 4 is 12.0 Å². The Morgan fingerprint density at radius 3 is 2.67 bits per heavy atom. The molecule has 6 heteroatoms. The van der Waals surface area contributed by atoms with Gasteiger partial charge in [-0.3, -0.25) is 0 Å². The van der Waals surface area contributed by atoms with E-state index in [4.69, 9.17) is 15.5 Å². The van der Waals surface area contributed by atoms with E-state index in [0.29, 0.717) is 0 Å². The highest BCUT2D eigenvalue weighted by Crippen LogP contribution is 2.20. The number of nitriles is 1. The van der Waals surface area contributed by atoms with Crippen molar-refractivity contribution in [3.8, 4) is 6.07 Å². The van der Waals surface area contributed by atoms with E-state index in [2.05, 4.69) is 0 Å². The third-order valence-corrected chi connectivity index (χ3v) is 2.20. The number of nitrogens with zero attached hydrogens (tertiary/aromatic N) is 1.